The van der Waals surface area contributed by atoms with Crippen molar-refractivity contribution in [2.24, 2.45) is 0 Å². The van der Waals surface area contributed by atoms with Crippen molar-refractivity contribution in [1.29, 1.82) is 0 Å². The highest BCUT2D eigenvalue weighted by Gasteiger charge is 2.33. The fourth-order valence-corrected chi connectivity index (χ4v) is 5.68. The average molecular weight is 381 g/mol. The number of halogens is 2. The number of benzene rings is 1. The highest BCUT2D eigenvalue weighted by atomic mass is 79.9. The monoisotopic (exact) mass is 379 g/mol. The summed E-state index contributed by atoms with van der Waals surface area (Å²) in [4.78, 5) is 0.340. The van der Waals surface area contributed by atoms with Crippen LogP contribution >= 0.6 is 27.5 Å². The van der Waals surface area contributed by atoms with E-state index in [-0.39, 0.29) is 6.04 Å². The van der Waals surface area contributed by atoms with Crippen molar-refractivity contribution in [3.05, 3.63) is 28.2 Å². The molecule has 0 N–H and O–H groups in total. The van der Waals surface area contributed by atoms with Gasteiger partial charge in [-0.1, -0.05) is 19.4 Å². The van der Waals surface area contributed by atoms with Gasteiger partial charge in [0.1, 0.15) is 0 Å². The van der Waals surface area contributed by atoms with Crippen LogP contribution in [-0.2, 0) is 15.9 Å². The van der Waals surface area contributed by atoms with Crippen molar-refractivity contribution >= 4 is 37.6 Å². The zero-order chi connectivity index (χ0) is 14.8. The van der Waals surface area contributed by atoms with Gasteiger partial charge in [-0.3, -0.25) is 0 Å². The van der Waals surface area contributed by atoms with Gasteiger partial charge in [0, 0.05) is 22.9 Å². The van der Waals surface area contributed by atoms with E-state index in [0.717, 1.165) is 31.2 Å². The minimum Gasteiger partial charge on any atom is -0.207 e. The molecule has 0 bridgehead atoms. The Morgan fingerprint density at radius 2 is 2.15 bits per heavy atom. The molecule has 2 rings (SSSR count). The number of sulfonamides is 1. The van der Waals surface area contributed by atoms with Crippen LogP contribution in [0.2, 0.25) is 0 Å². The van der Waals surface area contributed by atoms with Gasteiger partial charge in [-0.15, -0.1) is 11.6 Å². The van der Waals surface area contributed by atoms with E-state index in [4.69, 9.17) is 11.6 Å². The summed E-state index contributed by atoms with van der Waals surface area (Å²) in [6.07, 6.45) is 3.85. The fourth-order valence-electron chi connectivity index (χ4n) is 2.66. The second-order valence-corrected chi connectivity index (χ2v) is 8.05. The molecule has 112 valence electrons. The number of hydrogen-bond donors (Lipinski definition) is 0. The first-order valence-electron chi connectivity index (χ1n) is 6.87. The van der Waals surface area contributed by atoms with Crippen molar-refractivity contribution in [2.75, 3.05) is 6.54 Å². The van der Waals surface area contributed by atoms with Gasteiger partial charge in [0.15, 0.2) is 0 Å². The average Bonchev–Trinajstić information content (AvgIpc) is 2.46. The number of nitrogens with zero attached hydrogens (tertiary/aromatic N) is 1. The van der Waals surface area contributed by atoms with Gasteiger partial charge in [-0.05, 0) is 52.9 Å². The van der Waals surface area contributed by atoms with Crippen molar-refractivity contribution < 1.29 is 8.42 Å². The molecule has 1 aliphatic rings. The molecule has 1 aromatic rings. The number of hydrogen-bond acceptors (Lipinski definition) is 2. The second kappa shape index (κ2) is 6.77. The van der Waals surface area contributed by atoms with Gasteiger partial charge in [-0.2, -0.15) is 4.31 Å². The van der Waals surface area contributed by atoms with E-state index in [1.807, 2.05) is 6.92 Å². The van der Waals surface area contributed by atoms with Crippen LogP contribution in [0.4, 0.5) is 0 Å². The maximum atomic E-state index is 12.8. The van der Waals surface area contributed by atoms with E-state index in [2.05, 4.69) is 15.9 Å². The predicted molar refractivity (Wildman–Crippen MR) is 85.5 cm³/mol. The molecule has 3 nitrogen and oxygen atoms in total. The van der Waals surface area contributed by atoms with Crippen LogP contribution in [0.1, 0.15) is 38.2 Å². The summed E-state index contributed by atoms with van der Waals surface area (Å²) in [5, 5.41) is 0. The lowest BCUT2D eigenvalue weighted by molar-refractivity contribution is 0.246. The van der Waals surface area contributed by atoms with Gasteiger partial charge >= 0.3 is 0 Å². The Morgan fingerprint density at radius 1 is 1.40 bits per heavy atom. The maximum absolute atomic E-state index is 12.8. The van der Waals surface area contributed by atoms with Gasteiger partial charge in [-0.25, -0.2) is 8.42 Å². The summed E-state index contributed by atoms with van der Waals surface area (Å²) in [6.45, 7) is 2.66. The van der Waals surface area contributed by atoms with Crippen LogP contribution in [0.25, 0.3) is 0 Å². The van der Waals surface area contributed by atoms with Crippen LogP contribution < -0.4 is 0 Å². The van der Waals surface area contributed by atoms with Gasteiger partial charge < -0.3 is 0 Å². The molecule has 0 saturated carbocycles. The molecule has 0 aromatic heterocycles. The lowest BCUT2D eigenvalue weighted by atomic mass is 10.0. The zero-order valence-electron chi connectivity index (χ0n) is 11.5. The molecule has 20 heavy (non-hydrogen) atoms. The van der Waals surface area contributed by atoms with E-state index < -0.39 is 10.0 Å². The summed E-state index contributed by atoms with van der Waals surface area (Å²) in [5.74, 6) is 0.375. The van der Waals surface area contributed by atoms with E-state index in [9.17, 15) is 8.42 Å². The lowest BCUT2D eigenvalue weighted by Crippen LogP contribution is -2.43. The van der Waals surface area contributed by atoms with Crippen LogP contribution in [0.5, 0.6) is 0 Å². The predicted octanol–water partition coefficient (Wildman–Crippen LogP) is 4.14. The summed E-state index contributed by atoms with van der Waals surface area (Å²) in [7, 11) is -3.44. The van der Waals surface area contributed by atoms with Crippen molar-refractivity contribution in [3.8, 4) is 0 Å². The summed E-state index contributed by atoms with van der Waals surface area (Å²) >= 11 is 9.15. The first-order valence-corrected chi connectivity index (χ1v) is 9.63. The lowest BCUT2D eigenvalue weighted by Gasteiger charge is -2.34. The Morgan fingerprint density at radius 3 is 2.75 bits per heavy atom. The summed E-state index contributed by atoms with van der Waals surface area (Å²) in [6, 6.07) is 5.33. The molecule has 6 heteroatoms. The van der Waals surface area contributed by atoms with Gasteiger partial charge in [0.05, 0.1) is 4.90 Å². The normalized spacial score (nSPS) is 21.1. The Bertz CT molecular complexity index is 577. The molecule has 1 aliphatic heterocycles. The first-order chi connectivity index (χ1) is 9.50. The van der Waals surface area contributed by atoms with Crippen LogP contribution in [0.3, 0.4) is 0 Å². The van der Waals surface area contributed by atoms with E-state index >= 15 is 0 Å². The third kappa shape index (κ3) is 3.21. The number of rotatable bonds is 4. The van der Waals surface area contributed by atoms with Crippen molar-refractivity contribution in [2.45, 2.75) is 49.4 Å². The highest BCUT2D eigenvalue weighted by Crippen LogP contribution is 2.31. The van der Waals surface area contributed by atoms with E-state index in [0.29, 0.717) is 21.8 Å². The molecule has 1 saturated heterocycles. The molecule has 0 aliphatic carbocycles. The Labute approximate surface area is 134 Å². The number of alkyl halides is 1. The zero-order valence-corrected chi connectivity index (χ0v) is 14.6. The van der Waals surface area contributed by atoms with Gasteiger partial charge in [0.2, 0.25) is 10.0 Å². The molecular formula is C14H19BrClNO2S. The van der Waals surface area contributed by atoms with Crippen LogP contribution in [0.15, 0.2) is 27.6 Å². The topological polar surface area (TPSA) is 37.4 Å². The summed E-state index contributed by atoms with van der Waals surface area (Å²) in [5.41, 5.74) is 0.906. The van der Waals surface area contributed by atoms with Crippen LogP contribution in [-0.4, -0.2) is 25.3 Å². The maximum Gasteiger partial charge on any atom is 0.244 e. The molecule has 0 spiro atoms. The Balaban J connectivity index is 2.38. The van der Waals surface area contributed by atoms with Crippen LogP contribution in [0, 0.1) is 0 Å². The molecule has 0 amide bonds. The van der Waals surface area contributed by atoms with Gasteiger partial charge in [0.25, 0.3) is 0 Å². The highest BCUT2D eigenvalue weighted by molar-refractivity contribution is 9.10. The SMILES string of the molecule is CCC1CCCCN1S(=O)(=O)c1ccc(CCl)cc1Br. The molecule has 0 radical (unpaired) electrons. The molecule has 1 heterocycles. The Kier molecular flexibility index (Phi) is 5.51. The molecule has 1 unspecified atom stereocenters. The third-order valence-corrected chi connectivity index (χ3v) is 7.02. The molecule has 1 fully saturated rings. The molecule has 1 atom stereocenters. The number of piperidine rings is 1. The minimum absolute atomic E-state index is 0.119. The standard InChI is InChI=1S/C14H19BrClNO2S/c1-2-12-5-3-4-8-17(12)20(18,19)14-7-6-11(10-16)9-13(14)15/h6-7,9,12H,2-5,8,10H2,1H3. The third-order valence-electron chi connectivity index (χ3n) is 3.78. The van der Waals surface area contributed by atoms with Crippen molar-refractivity contribution in [3.63, 3.8) is 0 Å². The second-order valence-electron chi connectivity index (χ2n) is 5.07. The summed E-state index contributed by atoms with van der Waals surface area (Å²) < 4.78 is 27.9. The first kappa shape index (κ1) is 16.3. The van der Waals surface area contributed by atoms with E-state index in [1.165, 1.54) is 0 Å². The smallest absolute Gasteiger partial charge is 0.207 e. The quantitative estimate of drug-likeness (QED) is 0.736. The minimum atomic E-state index is -3.44. The van der Waals surface area contributed by atoms with Crippen molar-refractivity contribution in [1.82, 2.24) is 4.31 Å². The fraction of sp³-hybridized carbons (Fsp3) is 0.571. The molecule has 1 aromatic carbocycles. The Hall–Kier alpha value is -0.100. The largest absolute Gasteiger partial charge is 0.244 e. The van der Waals surface area contributed by atoms with E-state index in [1.54, 1.807) is 22.5 Å². The molecular weight excluding hydrogens is 362 g/mol.